The summed E-state index contributed by atoms with van der Waals surface area (Å²) in [6.45, 7) is 0. The number of hydrogen-bond donors (Lipinski definition) is 1. The SMILES string of the molecule is SCc1cccc2ncsc12. The topological polar surface area (TPSA) is 12.9 Å². The number of thiol groups is 1. The van der Waals surface area contributed by atoms with Gasteiger partial charge >= 0.3 is 0 Å². The molecule has 0 aliphatic heterocycles. The first-order valence-corrected chi connectivity index (χ1v) is 4.85. The van der Waals surface area contributed by atoms with Crippen LogP contribution >= 0.6 is 24.0 Å². The lowest BCUT2D eigenvalue weighted by atomic mass is 10.2. The molecule has 0 aliphatic rings. The molecule has 0 amide bonds. The van der Waals surface area contributed by atoms with Crippen LogP contribution in [0.1, 0.15) is 5.56 Å². The Balaban J connectivity index is 2.79. The van der Waals surface area contributed by atoms with Gasteiger partial charge in [0.15, 0.2) is 0 Å². The van der Waals surface area contributed by atoms with E-state index in [1.807, 2.05) is 17.6 Å². The Kier molecular flexibility index (Phi) is 1.84. The standard InChI is InChI=1S/C8H7NS2/c10-4-6-2-1-3-7-8(6)11-5-9-7/h1-3,5,10H,4H2. The maximum Gasteiger partial charge on any atom is 0.0815 e. The van der Waals surface area contributed by atoms with Gasteiger partial charge in [-0.15, -0.1) is 11.3 Å². The molecule has 3 heteroatoms. The molecule has 0 saturated heterocycles. The predicted octanol–water partition coefficient (Wildman–Crippen LogP) is 2.73. The van der Waals surface area contributed by atoms with Crippen LogP contribution in [0.25, 0.3) is 10.2 Å². The highest BCUT2D eigenvalue weighted by atomic mass is 32.1. The first-order valence-electron chi connectivity index (χ1n) is 3.34. The molecule has 2 aromatic rings. The van der Waals surface area contributed by atoms with Crippen LogP contribution in [0.4, 0.5) is 0 Å². The molecule has 0 N–H and O–H groups in total. The number of thiazole rings is 1. The second kappa shape index (κ2) is 2.83. The summed E-state index contributed by atoms with van der Waals surface area (Å²) in [5, 5.41) is 0. The fourth-order valence-electron chi connectivity index (χ4n) is 1.07. The lowest BCUT2D eigenvalue weighted by Crippen LogP contribution is -1.76. The van der Waals surface area contributed by atoms with E-state index in [-0.39, 0.29) is 0 Å². The van der Waals surface area contributed by atoms with E-state index in [0.29, 0.717) is 0 Å². The molecule has 0 atom stereocenters. The van der Waals surface area contributed by atoms with Gasteiger partial charge in [-0.25, -0.2) is 4.98 Å². The Morgan fingerprint density at radius 3 is 3.18 bits per heavy atom. The third-order valence-corrected chi connectivity index (χ3v) is 2.87. The monoisotopic (exact) mass is 181 g/mol. The normalized spacial score (nSPS) is 10.6. The molecule has 0 unspecified atom stereocenters. The summed E-state index contributed by atoms with van der Waals surface area (Å²) in [5.41, 5.74) is 4.23. The van der Waals surface area contributed by atoms with Gasteiger partial charge in [-0.3, -0.25) is 0 Å². The average Bonchev–Trinajstić information content (AvgIpc) is 2.50. The molecule has 1 nitrogen and oxygen atoms in total. The minimum Gasteiger partial charge on any atom is -0.245 e. The van der Waals surface area contributed by atoms with Crippen molar-refractivity contribution in [3.05, 3.63) is 29.3 Å². The number of aromatic nitrogens is 1. The van der Waals surface area contributed by atoms with Crippen molar-refractivity contribution in [3.8, 4) is 0 Å². The van der Waals surface area contributed by atoms with E-state index >= 15 is 0 Å². The zero-order valence-electron chi connectivity index (χ0n) is 5.82. The van der Waals surface area contributed by atoms with Crippen molar-refractivity contribution >= 4 is 34.2 Å². The summed E-state index contributed by atoms with van der Waals surface area (Å²) >= 11 is 5.92. The van der Waals surface area contributed by atoms with Crippen LogP contribution in [0, 0.1) is 0 Å². The molecule has 0 aliphatic carbocycles. The Hall–Kier alpha value is -0.540. The summed E-state index contributed by atoms with van der Waals surface area (Å²) < 4.78 is 1.27. The van der Waals surface area contributed by atoms with Crippen LogP contribution in [0.3, 0.4) is 0 Å². The van der Waals surface area contributed by atoms with E-state index in [2.05, 4.69) is 23.7 Å². The van der Waals surface area contributed by atoms with Gasteiger partial charge in [-0.1, -0.05) is 12.1 Å². The third kappa shape index (κ3) is 1.14. The Labute approximate surface area is 74.5 Å². The molecular formula is C8H7NS2. The van der Waals surface area contributed by atoms with Gasteiger partial charge in [-0.05, 0) is 11.6 Å². The van der Waals surface area contributed by atoms with Crippen LogP contribution < -0.4 is 0 Å². The Morgan fingerprint density at radius 2 is 2.36 bits per heavy atom. The van der Waals surface area contributed by atoms with Gasteiger partial charge < -0.3 is 0 Å². The molecule has 0 spiro atoms. The van der Waals surface area contributed by atoms with Crippen molar-refractivity contribution in [1.29, 1.82) is 0 Å². The van der Waals surface area contributed by atoms with Gasteiger partial charge in [0.05, 0.1) is 15.7 Å². The lowest BCUT2D eigenvalue weighted by Gasteiger charge is -1.94. The zero-order chi connectivity index (χ0) is 7.68. The van der Waals surface area contributed by atoms with E-state index < -0.39 is 0 Å². The minimum atomic E-state index is 0.791. The van der Waals surface area contributed by atoms with Crippen molar-refractivity contribution in [2.24, 2.45) is 0 Å². The second-order valence-corrected chi connectivity index (χ2v) is 3.45. The Bertz CT molecular complexity index is 367. The zero-order valence-corrected chi connectivity index (χ0v) is 7.53. The Morgan fingerprint density at radius 1 is 1.45 bits per heavy atom. The van der Waals surface area contributed by atoms with E-state index in [0.717, 1.165) is 11.3 Å². The number of benzene rings is 1. The molecule has 0 bridgehead atoms. The van der Waals surface area contributed by atoms with Crippen molar-refractivity contribution < 1.29 is 0 Å². The van der Waals surface area contributed by atoms with Gasteiger partial charge in [-0.2, -0.15) is 12.6 Å². The highest BCUT2D eigenvalue weighted by Gasteiger charge is 1.99. The van der Waals surface area contributed by atoms with Crippen molar-refractivity contribution in [2.75, 3.05) is 0 Å². The fourth-order valence-corrected chi connectivity index (χ4v) is 2.24. The summed E-state index contributed by atoms with van der Waals surface area (Å²) in [6.07, 6.45) is 0. The molecule has 1 heterocycles. The molecule has 0 fully saturated rings. The van der Waals surface area contributed by atoms with Gasteiger partial charge in [0.2, 0.25) is 0 Å². The molecule has 56 valence electrons. The van der Waals surface area contributed by atoms with E-state index in [4.69, 9.17) is 0 Å². The molecule has 1 aromatic heterocycles. The molecular weight excluding hydrogens is 174 g/mol. The summed E-state index contributed by atoms with van der Waals surface area (Å²) in [4.78, 5) is 4.21. The molecule has 0 radical (unpaired) electrons. The van der Waals surface area contributed by atoms with Crippen LogP contribution in [0.15, 0.2) is 23.7 Å². The van der Waals surface area contributed by atoms with Crippen molar-refractivity contribution in [1.82, 2.24) is 4.98 Å². The number of fused-ring (bicyclic) bond motifs is 1. The third-order valence-electron chi connectivity index (χ3n) is 1.61. The highest BCUT2D eigenvalue weighted by Crippen LogP contribution is 2.22. The summed E-state index contributed by atoms with van der Waals surface area (Å²) in [7, 11) is 0. The highest BCUT2D eigenvalue weighted by molar-refractivity contribution is 7.79. The minimum absolute atomic E-state index is 0.791. The number of rotatable bonds is 1. The van der Waals surface area contributed by atoms with E-state index in [1.165, 1.54) is 10.3 Å². The predicted molar refractivity (Wildman–Crippen MR) is 52.3 cm³/mol. The molecule has 0 saturated carbocycles. The summed E-state index contributed by atoms with van der Waals surface area (Å²) in [6, 6.07) is 6.14. The summed E-state index contributed by atoms with van der Waals surface area (Å²) in [5.74, 6) is 0.791. The molecule has 11 heavy (non-hydrogen) atoms. The maximum atomic E-state index is 4.24. The van der Waals surface area contributed by atoms with E-state index in [1.54, 1.807) is 11.3 Å². The van der Waals surface area contributed by atoms with Gasteiger partial charge in [0, 0.05) is 5.75 Å². The smallest absolute Gasteiger partial charge is 0.0815 e. The van der Waals surface area contributed by atoms with Gasteiger partial charge in [0.1, 0.15) is 0 Å². The lowest BCUT2D eigenvalue weighted by molar-refractivity contribution is 1.46. The number of hydrogen-bond acceptors (Lipinski definition) is 3. The quantitative estimate of drug-likeness (QED) is 0.667. The van der Waals surface area contributed by atoms with Crippen LogP contribution in [-0.4, -0.2) is 4.98 Å². The van der Waals surface area contributed by atoms with E-state index in [9.17, 15) is 0 Å². The second-order valence-electron chi connectivity index (χ2n) is 2.28. The van der Waals surface area contributed by atoms with Crippen LogP contribution in [0.5, 0.6) is 0 Å². The van der Waals surface area contributed by atoms with Crippen molar-refractivity contribution in [2.45, 2.75) is 5.75 Å². The maximum absolute atomic E-state index is 4.24. The van der Waals surface area contributed by atoms with Crippen LogP contribution in [0.2, 0.25) is 0 Å². The van der Waals surface area contributed by atoms with Crippen molar-refractivity contribution in [3.63, 3.8) is 0 Å². The fraction of sp³-hybridized carbons (Fsp3) is 0.125. The van der Waals surface area contributed by atoms with Gasteiger partial charge in [0.25, 0.3) is 0 Å². The average molecular weight is 181 g/mol. The van der Waals surface area contributed by atoms with Crippen LogP contribution in [-0.2, 0) is 5.75 Å². The molecule has 2 rings (SSSR count). The molecule has 1 aromatic carbocycles. The number of nitrogens with zero attached hydrogens (tertiary/aromatic N) is 1. The largest absolute Gasteiger partial charge is 0.245 e. The first-order chi connectivity index (χ1) is 5.42. The first kappa shape index (κ1) is 7.13.